The molecule has 2 saturated carbocycles. The first-order chi connectivity index (χ1) is 9.15. The molecular weight excluding hydrogens is 238 g/mol. The average Bonchev–Trinajstić information content (AvgIpc) is 2.98. The standard InChI is InChI=1S/C15H27N3O/c1-18-6-4-10(5-7-18)9-17-15(19)13-11-2-3-12(8-11)14(13)16/h10-14H,2-9,16H2,1H3,(H,17,19). The van der Waals surface area contributed by atoms with Gasteiger partial charge in [-0.1, -0.05) is 0 Å². The fourth-order valence-corrected chi connectivity index (χ4v) is 4.35. The number of hydrogen-bond donors (Lipinski definition) is 2. The molecule has 1 saturated heterocycles. The molecule has 1 heterocycles. The second-order valence-corrected chi connectivity index (χ2v) is 6.93. The first-order valence-corrected chi connectivity index (χ1v) is 7.87. The van der Waals surface area contributed by atoms with E-state index in [4.69, 9.17) is 5.73 Å². The zero-order chi connectivity index (χ0) is 13.4. The van der Waals surface area contributed by atoms with E-state index in [1.165, 1.54) is 32.1 Å². The molecule has 0 spiro atoms. The number of amides is 1. The molecule has 3 fully saturated rings. The summed E-state index contributed by atoms with van der Waals surface area (Å²) in [6.45, 7) is 3.18. The van der Waals surface area contributed by atoms with Crippen LogP contribution in [0.4, 0.5) is 0 Å². The van der Waals surface area contributed by atoms with E-state index in [-0.39, 0.29) is 17.9 Å². The number of nitrogens with zero attached hydrogens (tertiary/aromatic N) is 1. The van der Waals surface area contributed by atoms with E-state index in [2.05, 4.69) is 17.3 Å². The maximum Gasteiger partial charge on any atom is 0.224 e. The van der Waals surface area contributed by atoms with Gasteiger partial charge in [0, 0.05) is 12.6 Å². The van der Waals surface area contributed by atoms with E-state index in [1.54, 1.807) is 0 Å². The number of likely N-dealkylation sites (tertiary alicyclic amines) is 1. The second-order valence-electron chi connectivity index (χ2n) is 6.93. The Kier molecular flexibility index (Phi) is 3.81. The Hall–Kier alpha value is -0.610. The van der Waals surface area contributed by atoms with Crippen molar-refractivity contribution in [3.05, 3.63) is 0 Å². The van der Waals surface area contributed by atoms with E-state index < -0.39 is 0 Å². The number of piperidine rings is 1. The second kappa shape index (κ2) is 5.41. The summed E-state index contributed by atoms with van der Waals surface area (Å²) >= 11 is 0. The lowest BCUT2D eigenvalue weighted by Crippen LogP contribution is -2.47. The molecule has 108 valence electrons. The largest absolute Gasteiger partial charge is 0.356 e. The van der Waals surface area contributed by atoms with Crippen molar-refractivity contribution in [3.63, 3.8) is 0 Å². The van der Waals surface area contributed by atoms with Crippen LogP contribution in [-0.4, -0.2) is 43.5 Å². The third-order valence-electron chi connectivity index (χ3n) is 5.69. The maximum atomic E-state index is 12.4. The SMILES string of the molecule is CN1CCC(CNC(=O)C2C3CCC(C3)C2N)CC1. The topological polar surface area (TPSA) is 58.4 Å². The van der Waals surface area contributed by atoms with Crippen LogP contribution in [0, 0.1) is 23.7 Å². The van der Waals surface area contributed by atoms with Gasteiger partial charge in [-0.2, -0.15) is 0 Å². The molecule has 0 radical (unpaired) electrons. The highest BCUT2D eigenvalue weighted by Gasteiger charge is 2.48. The highest BCUT2D eigenvalue weighted by atomic mass is 16.1. The predicted octanol–water partition coefficient (Wildman–Crippen LogP) is 0.818. The number of carbonyl (C=O) groups is 1. The van der Waals surface area contributed by atoms with Gasteiger partial charge in [-0.15, -0.1) is 0 Å². The molecule has 3 N–H and O–H groups in total. The third kappa shape index (κ3) is 2.65. The van der Waals surface area contributed by atoms with Gasteiger partial charge in [0.05, 0.1) is 5.92 Å². The van der Waals surface area contributed by atoms with Crippen LogP contribution >= 0.6 is 0 Å². The van der Waals surface area contributed by atoms with Crippen LogP contribution in [0.25, 0.3) is 0 Å². The van der Waals surface area contributed by atoms with Crippen LogP contribution in [0.1, 0.15) is 32.1 Å². The molecule has 0 aromatic heterocycles. The van der Waals surface area contributed by atoms with E-state index in [0.29, 0.717) is 17.8 Å². The fraction of sp³-hybridized carbons (Fsp3) is 0.933. The quantitative estimate of drug-likeness (QED) is 0.794. The van der Waals surface area contributed by atoms with Crippen molar-refractivity contribution in [2.45, 2.75) is 38.1 Å². The van der Waals surface area contributed by atoms with Gasteiger partial charge in [0.2, 0.25) is 5.91 Å². The minimum Gasteiger partial charge on any atom is -0.356 e. The molecule has 2 bridgehead atoms. The summed E-state index contributed by atoms with van der Waals surface area (Å²) in [5, 5.41) is 3.19. The number of rotatable bonds is 3. The van der Waals surface area contributed by atoms with E-state index in [9.17, 15) is 4.79 Å². The zero-order valence-electron chi connectivity index (χ0n) is 12.0. The smallest absolute Gasteiger partial charge is 0.224 e. The Morgan fingerprint density at radius 1 is 1.21 bits per heavy atom. The van der Waals surface area contributed by atoms with Crippen LogP contribution in [-0.2, 0) is 4.79 Å². The molecule has 0 aromatic rings. The molecule has 4 unspecified atom stereocenters. The molecule has 4 heteroatoms. The molecule has 1 aliphatic heterocycles. The normalized spacial score (nSPS) is 39.7. The molecule has 1 amide bonds. The number of hydrogen-bond acceptors (Lipinski definition) is 3. The van der Waals surface area contributed by atoms with Crippen LogP contribution in [0.15, 0.2) is 0 Å². The molecule has 0 aromatic carbocycles. The number of fused-ring (bicyclic) bond motifs is 2. The lowest BCUT2D eigenvalue weighted by molar-refractivity contribution is -0.127. The summed E-state index contributed by atoms with van der Waals surface area (Å²) in [7, 11) is 2.17. The van der Waals surface area contributed by atoms with E-state index >= 15 is 0 Å². The Bertz CT molecular complexity index is 336. The molecule has 4 nitrogen and oxygen atoms in total. The molecular formula is C15H27N3O. The number of carbonyl (C=O) groups excluding carboxylic acids is 1. The van der Waals surface area contributed by atoms with Crippen molar-refractivity contribution >= 4 is 5.91 Å². The highest BCUT2D eigenvalue weighted by molar-refractivity contribution is 5.80. The summed E-state index contributed by atoms with van der Waals surface area (Å²) < 4.78 is 0. The summed E-state index contributed by atoms with van der Waals surface area (Å²) in [5.41, 5.74) is 6.22. The van der Waals surface area contributed by atoms with Gasteiger partial charge in [-0.25, -0.2) is 0 Å². The molecule has 3 aliphatic rings. The Balaban J connectivity index is 1.47. The molecule has 2 aliphatic carbocycles. The highest BCUT2D eigenvalue weighted by Crippen LogP contribution is 2.47. The number of nitrogens with one attached hydrogen (secondary N) is 1. The van der Waals surface area contributed by atoms with Crippen molar-refractivity contribution in [2.75, 3.05) is 26.7 Å². The molecule has 4 atom stereocenters. The first-order valence-electron chi connectivity index (χ1n) is 7.87. The predicted molar refractivity (Wildman–Crippen MR) is 75.5 cm³/mol. The van der Waals surface area contributed by atoms with Crippen molar-refractivity contribution in [1.29, 1.82) is 0 Å². The van der Waals surface area contributed by atoms with Gasteiger partial charge >= 0.3 is 0 Å². The van der Waals surface area contributed by atoms with Crippen molar-refractivity contribution < 1.29 is 4.79 Å². The first kappa shape index (κ1) is 13.4. The lowest BCUT2D eigenvalue weighted by Gasteiger charge is -2.31. The monoisotopic (exact) mass is 265 g/mol. The van der Waals surface area contributed by atoms with E-state index in [1.807, 2.05) is 0 Å². The minimum atomic E-state index is 0.102. The van der Waals surface area contributed by atoms with Crippen LogP contribution in [0.5, 0.6) is 0 Å². The van der Waals surface area contributed by atoms with Crippen molar-refractivity contribution in [3.8, 4) is 0 Å². The summed E-state index contributed by atoms with van der Waals surface area (Å²) in [5.74, 6) is 2.18. The average molecular weight is 265 g/mol. The fourth-order valence-electron chi connectivity index (χ4n) is 4.35. The van der Waals surface area contributed by atoms with Gasteiger partial charge in [0.25, 0.3) is 0 Å². The minimum absolute atomic E-state index is 0.102. The molecule has 19 heavy (non-hydrogen) atoms. The van der Waals surface area contributed by atoms with Gasteiger partial charge in [-0.3, -0.25) is 4.79 Å². The summed E-state index contributed by atoms with van der Waals surface area (Å²) in [4.78, 5) is 14.7. The van der Waals surface area contributed by atoms with Gasteiger partial charge < -0.3 is 16.0 Å². The Labute approximate surface area is 116 Å². The lowest BCUT2D eigenvalue weighted by atomic mass is 9.84. The third-order valence-corrected chi connectivity index (χ3v) is 5.69. The summed E-state index contributed by atoms with van der Waals surface area (Å²) in [6, 6.07) is 0.122. The van der Waals surface area contributed by atoms with Gasteiger partial charge in [0.15, 0.2) is 0 Å². The summed E-state index contributed by atoms with van der Waals surface area (Å²) in [6.07, 6.45) is 6.06. The van der Waals surface area contributed by atoms with Crippen LogP contribution < -0.4 is 11.1 Å². The van der Waals surface area contributed by atoms with Gasteiger partial charge in [-0.05, 0) is 70.0 Å². The molecule has 3 rings (SSSR count). The Morgan fingerprint density at radius 3 is 2.53 bits per heavy atom. The Morgan fingerprint density at radius 2 is 1.89 bits per heavy atom. The van der Waals surface area contributed by atoms with Gasteiger partial charge in [0.1, 0.15) is 0 Å². The van der Waals surface area contributed by atoms with Crippen LogP contribution in [0.3, 0.4) is 0 Å². The van der Waals surface area contributed by atoms with Crippen LogP contribution in [0.2, 0.25) is 0 Å². The zero-order valence-corrected chi connectivity index (χ0v) is 12.0. The van der Waals surface area contributed by atoms with Crippen molar-refractivity contribution in [1.82, 2.24) is 10.2 Å². The number of nitrogens with two attached hydrogens (primary N) is 1. The van der Waals surface area contributed by atoms with Crippen molar-refractivity contribution in [2.24, 2.45) is 29.4 Å². The van der Waals surface area contributed by atoms with E-state index in [0.717, 1.165) is 19.6 Å². The maximum absolute atomic E-state index is 12.4.